The number of nitrogens with one attached hydrogen (secondary N) is 1. The summed E-state index contributed by atoms with van der Waals surface area (Å²) in [6.45, 7) is 0.976. The Morgan fingerprint density at radius 3 is 2.74 bits per heavy atom. The molecule has 7 heteroatoms. The fourth-order valence-electron chi connectivity index (χ4n) is 3.07. The second-order valence-corrected chi connectivity index (χ2v) is 7.14. The van der Waals surface area contributed by atoms with Gasteiger partial charge in [0.1, 0.15) is 0 Å². The molecule has 112 valence electrons. The predicted molar refractivity (Wildman–Crippen MR) is 73.9 cm³/mol. The van der Waals surface area contributed by atoms with Crippen LogP contribution in [0.2, 0.25) is 0 Å². The zero-order valence-electron chi connectivity index (χ0n) is 11.5. The van der Waals surface area contributed by atoms with Gasteiger partial charge in [-0.1, -0.05) is 6.42 Å². The minimum Gasteiger partial charge on any atom is -0.381 e. The Hall–Kier alpha value is -0.210. The fraction of sp³-hybridized carbons (Fsp3) is 1.00. The van der Waals surface area contributed by atoms with Crippen LogP contribution in [0.15, 0.2) is 0 Å². The summed E-state index contributed by atoms with van der Waals surface area (Å²) in [5.41, 5.74) is 5.69. The molecule has 3 atom stereocenters. The van der Waals surface area contributed by atoms with Crippen molar-refractivity contribution >= 4 is 10.2 Å². The molecular formula is C12H25N3O3S. The topological polar surface area (TPSA) is 84.7 Å². The minimum atomic E-state index is -3.41. The number of hydrogen-bond donors (Lipinski definition) is 2. The van der Waals surface area contributed by atoms with E-state index in [-0.39, 0.29) is 18.2 Å². The molecular weight excluding hydrogens is 266 g/mol. The van der Waals surface area contributed by atoms with Crippen molar-refractivity contribution in [2.24, 2.45) is 5.73 Å². The van der Waals surface area contributed by atoms with E-state index in [1.54, 1.807) is 11.4 Å². The smallest absolute Gasteiger partial charge is 0.279 e. The van der Waals surface area contributed by atoms with Crippen LogP contribution in [-0.4, -0.2) is 51.1 Å². The molecule has 0 radical (unpaired) electrons. The first-order chi connectivity index (χ1) is 9.06. The molecule has 0 spiro atoms. The molecule has 1 aliphatic carbocycles. The van der Waals surface area contributed by atoms with Gasteiger partial charge in [-0.25, -0.2) is 0 Å². The summed E-state index contributed by atoms with van der Waals surface area (Å²) < 4.78 is 34.5. The van der Waals surface area contributed by atoms with Gasteiger partial charge in [-0.05, 0) is 32.1 Å². The largest absolute Gasteiger partial charge is 0.381 e. The van der Waals surface area contributed by atoms with E-state index in [1.807, 2.05) is 0 Å². The molecule has 2 fully saturated rings. The number of piperidine rings is 1. The lowest BCUT2D eigenvalue weighted by molar-refractivity contribution is 0.107. The maximum absolute atomic E-state index is 12.4. The SMILES string of the molecule is COC1CCC(NS(=O)(=O)N2CCCCC2CN)C1. The van der Waals surface area contributed by atoms with Crippen molar-refractivity contribution in [2.75, 3.05) is 20.2 Å². The average molecular weight is 291 g/mol. The molecule has 2 rings (SSSR count). The third-order valence-electron chi connectivity index (χ3n) is 4.19. The molecule has 3 N–H and O–H groups in total. The van der Waals surface area contributed by atoms with E-state index in [9.17, 15) is 8.42 Å². The van der Waals surface area contributed by atoms with E-state index in [2.05, 4.69) is 4.72 Å². The maximum atomic E-state index is 12.4. The van der Waals surface area contributed by atoms with Gasteiger partial charge in [0.25, 0.3) is 10.2 Å². The molecule has 0 aromatic carbocycles. The Labute approximate surface area is 115 Å². The maximum Gasteiger partial charge on any atom is 0.279 e. The lowest BCUT2D eigenvalue weighted by Crippen LogP contribution is -2.53. The van der Waals surface area contributed by atoms with Gasteiger partial charge >= 0.3 is 0 Å². The first kappa shape index (κ1) is 15.2. The van der Waals surface area contributed by atoms with Crippen molar-refractivity contribution in [2.45, 2.75) is 56.7 Å². The van der Waals surface area contributed by atoms with Gasteiger partial charge in [-0.15, -0.1) is 0 Å². The Balaban J connectivity index is 1.97. The molecule has 0 amide bonds. The highest BCUT2D eigenvalue weighted by Gasteiger charge is 2.35. The van der Waals surface area contributed by atoms with E-state index in [1.165, 1.54) is 0 Å². The standard InChI is InChI=1S/C12H25N3O3S/c1-18-12-6-5-10(8-12)14-19(16,17)15-7-3-2-4-11(15)9-13/h10-12,14H,2-9,13H2,1H3. The molecule has 1 saturated heterocycles. The molecule has 19 heavy (non-hydrogen) atoms. The van der Waals surface area contributed by atoms with Gasteiger partial charge in [-0.2, -0.15) is 17.4 Å². The summed E-state index contributed by atoms with van der Waals surface area (Å²) in [7, 11) is -1.73. The summed E-state index contributed by atoms with van der Waals surface area (Å²) >= 11 is 0. The van der Waals surface area contributed by atoms with Crippen LogP contribution in [0.1, 0.15) is 38.5 Å². The quantitative estimate of drug-likeness (QED) is 0.758. The molecule has 6 nitrogen and oxygen atoms in total. The number of nitrogens with two attached hydrogens (primary N) is 1. The Bertz CT molecular complexity index is 388. The molecule has 1 aliphatic heterocycles. The number of methoxy groups -OCH3 is 1. The van der Waals surface area contributed by atoms with Gasteiger partial charge in [-0.3, -0.25) is 0 Å². The average Bonchev–Trinajstić information content (AvgIpc) is 2.85. The third kappa shape index (κ3) is 3.66. The molecule has 3 unspecified atom stereocenters. The second-order valence-electron chi connectivity index (χ2n) is 5.49. The van der Waals surface area contributed by atoms with Crippen LogP contribution in [0.25, 0.3) is 0 Å². The zero-order chi connectivity index (χ0) is 13.9. The highest BCUT2D eigenvalue weighted by atomic mass is 32.2. The monoisotopic (exact) mass is 291 g/mol. The van der Waals surface area contributed by atoms with E-state index >= 15 is 0 Å². The number of rotatable bonds is 5. The fourth-order valence-corrected chi connectivity index (χ4v) is 4.79. The van der Waals surface area contributed by atoms with Crippen LogP contribution in [-0.2, 0) is 14.9 Å². The van der Waals surface area contributed by atoms with Crippen molar-refractivity contribution < 1.29 is 13.2 Å². The first-order valence-electron chi connectivity index (χ1n) is 7.08. The number of hydrogen-bond acceptors (Lipinski definition) is 4. The van der Waals surface area contributed by atoms with Crippen LogP contribution < -0.4 is 10.5 Å². The Morgan fingerprint density at radius 1 is 1.32 bits per heavy atom. The lowest BCUT2D eigenvalue weighted by Gasteiger charge is -2.34. The summed E-state index contributed by atoms with van der Waals surface area (Å²) in [5, 5.41) is 0. The highest BCUT2D eigenvalue weighted by molar-refractivity contribution is 7.87. The lowest BCUT2D eigenvalue weighted by atomic mass is 10.1. The van der Waals surface area contributed by atoms with Crippen molar-refractivity contribution in [1.82, 2.24) is 9.03 Å². The zero-order valence-corrected chi connectivity index (χ0v) is 12.4. The Kier molecular flexibility index (Phi) is 5.19. The number of nitrogens with zero attached hydrogens (tertiary/aromatic N) is 1. The van der Waals surface area contributed by atoms with Crippen molar-refractivity contribution in [3.05, 3.63) is 0 Å². The Morgan fingerprint density at radius 2 is 2.11 bits per heavy atom. The molecule has 2 aliphatic rings. The van der Waals surface area contributed by atoms with Crippen LogP contribution in [0.3, 0.4) is 0 Å². The third-order valence-corrected chi connectivity index (χ3v) is 5.92. The van der Waals surface area contributed by atoms with E-state index in [0.717, 1.165) is 38.5 Å². The van der Waals surface area contributed by atoms with Gasteiger partial charge < -0.3 is 10.5 Å². The highest BCUT2D eigenvalue weighted by Crippen LogP contribution is 2.24. The first-order valence-corrected chi connectivity index (χ1v) is 8.52. The van der Waals surface area contributed by atoms with E-state index < -0.39 is 10.2 Å². The van der Waals surface area contributed by atoms with Gasteiger partial charge in [0.2, 0.25) is 0 Å². The molecule has 1 saturated carbocycles. The molecule has 0 bridgehead atoms. The van der Waals surface area contributed by atoms with Gasteiger partial charge in [0.05, 0.1) is 6.10 Å². The number of ether oxygens (including phenoxy) is 1. The summed E-state index contributed by atoms with van der Waals surface area (Å²) in [6, 6.07) is -0.0545. The minimum absolute atomic E-state index is 0.00435. The summed E-state index contributed by atoms with van der Waals surface area (Å²) in [5.74, 6) is 0. The summed E-state index contributed by atoms with van der Waals surface area (Å²) in [4.78, 5) is 0. The molecule has 0 aromatic rings. The normalized spacial score (nSPS) is 33.7. The second kappa shape index (κ2) is 6.49. The summed E-state index contributed by atoms with van der Waals surface area (Å²) in [6.07, 6.45) is 5.55. The van der Waals surface area contributed by atoms with Crippen molar-refractivity contribution in [3.8, 4) is 0 Å². The van der Waals surface area contributed by atoms with Crippen molar-refractivity contribution in [1.29, 1.82) is 0 Å². The molecule has 1 heterocycles. The van der Waals surface area contributed by atoms with Crippen LogP contribution in [0, 0.1) is 0 Å². The van der Waals surface area contributed by atoms with Gasteiger partial charge in [0.15, 0.2) is 0 Å². The predicted octanol–water partition coefficient (Wildman–Crippen LogP) is 0.202. The van der Waals surface area contributed by atoms with Crippen LogP contribution in [0.4, 0.5) is 0 Å². The van der Waals surface area contributed by atoms with E-state index in [0.29, 0.717) is 13.1 Å². The van der Waals surface area contributed by atoms with Gasteiger partial charge in [0, 0.05) is 32.3 Å². The van der Waals surface area contributed by atoms with Crippen LogP contribution >= 0.6 is 0 Å². The van der Waals surface area contributed by atoms with Crippen LogP contribution in [0.5, 0.6) is 0 Å². The van der Waals surface area contributed by atoms with Crippen molar-refractivity contribution in [3.63, 3.8) is 0 Å². The molecule has 0 aromatic heterocycles. The van der Waals surface area contributed by atoms with E-state index in [4.69, 9.17) is 10.5 Å².